The Hall–Kier alpha value is -1.75. The fourth-order valence-corrected chi connectivity index (χ4v) is 1.74. The zero-order valence-electron chi connectivity index (χ0n) is 7.04. The van der Waals surface area contributed by atoms with E-state index in [4.69, 9.17) is 5.11 Å². The van der Waals surface area contributed by atoms with Gasteiger partial charge in [0.25, 0.3) is 0 Å². The molecule has 1 N–H and O–H groups in total. The Labute approximate surface area is 83.9 Å². The van der Waals surface area contributed by atoms with Crippen LogP contribution in [0.2, 0.25) is 0 Å². The first kappa shape index (κ1) is 8.83. The second-order valence-corrected chi connectivity index (χ2v) is 3.46. The average molecular weight is 206 g/mol. The number of thiazole rings is 1. The summed E-state index contributed by atoms with van der Waals surface area (Å²) >= 11 is 1.37. The van der Waals surface area contributed by atoms with Crippen molar-refractivity contribution in [3.05, 3.63) is 35.6 Å². The molecule has 0 aliphatic heterocycles. The third-order valence-corrected chi connectivity index (χ3v) is 2.48. The molecule has 0 saturated heterocycles. The first-order valence-electron chi connectivity index (χ1n) is 3.86. The van der Waals surface area contributed by atoms with Crippen molar-refractivity contribution >= 4 is 17.3 Å². The van der Waals surface area contributed by atoms with E-state index in [0.29, 0.717) is 5.69 Å². The van der Waals surface area contributed by atoms with E-state index in [9.17, 15) is 4.79 Å². The number of carboxylic acid groups (broad SMARTS) is 1. The lowest BCUT2D eigenvalue weighted by Gasteiger charge is -2.00. The predicted molar refractivity (Wildman–Crippen MR) is 52.3 cm³/mol. The summed E-state index contributed by atoms with van der Waals surface area (Å²) in [5, 5.41) is 8.91. The number of rotatable bonds is 2. The van der Waals surface area contributed by atoms with Gasteiger partial charge < -0.3 is 5.11 Å². The molecule has 0 amide bonds. The van der Waals surface area contributed by atoms with Crippen molar-refractivity contribution in [3.8, 4) is 10.6 Å². The van der Waals surface area contributed by atoms with Crippen LogP contribution in [0.15, 0.2) is 30.0 Å². The Morgan fingerprint density at radius 3 is 3.00 bits per heavy atom. The molecule has 4 nitrogen and oxygen atoms in total. The fourth-order valence-electron chi connectivity index (χ4n) is 1.11. The van der Waals surface area contributed by atoms with Crippen LogP contribution in [-0.2, 0) is 0 Å². The van der Waals surface area contributed by atoms with Gasteiger partial charge in [-0.05, 0) is 12.1 Å². The highest BCUT2D eigenvalue weighted by molar-refractivity contribution is 7.13. The quantitative estimate of drug-likeness (QED) is 0.815. The predicted octanol–water partition coefficient (Wildman–Crippen LogP) is 1.90. The Balaban J connectivity index is 2.58. The molecule has 0 aromatic carbocycles. The monoisotopic (exact) mass is 206 g/mol. The van der Waals surface area contributed by atoms with E-state index in [1.807, 2.05) is 0 Å². The van der Waals surface area contributed by atoms with E-state index in [2.05, 4.69) is 9.97 Å². The van der Waals surface area contributed by atoms with Crippen LogP contribution in [0.25, 0.3) is 10.6 Å². The van der Waals surface area contributed by atoms with E-state index in [-0.39, 0.29) is 5.56 Å². The molecule has 5 heteroatoms. The number of aromatic carboxylic acids is 1. The molecule has 0 fully saturated rings. The van der Waals surface area contributed by atoms with Gasteiger partial charge in [-0.25, -0.2) is 4.79 Å². The van der Waals surface area contributed by atoms with Crippen LogP contribution >= 0.6 is 11.3 Å². The molecule has 0 radical (unpaired) electrons. The molecule has 2 heterocycles. The summed E-state index contributed by atoms with van der Waals surface area (Å²) < 4.78 is 0. The minimum atomic E-state index is -0.971. The Morgan fingerprint density at radius 1 is 1.50 bits per heavy atom. The molecule has 0 bridgehead atoms. The van der Waals surface area contributed by atoms with Crippen molar-refractivity contribution in [2.75, 3.05) is 0 Å². The normalized spacial score (nSPS) is 10.0. The van der Waals surface area contributed by atoms with Gasteiger partial charge in [-0.15, -0.1) is 11.3 Å². The van der Waals surface area contributed by atoms with Crippen LogP contribution in [0.1, 0.15) is 10.4 Å². The standard InChI is InChI=1S/C9H6N2O2S/c12-9(13)6-2-1-3-11-8(6)7-4-10-5-14-7/h1-5H,(H,12,13). The minimum Gasteiger partial charge on any atom is -0.478 e. The van der Waals surface area contributed by atoms with Crippen LogP contribution in [0, 0.1) is 0 Å². The highest BCUT2D eigenvalue weighted by atomic mass is 32.1. The molecule has 0 unspecified atom stereocenters. The van der Waals surface area contributed by atoms with Gasteiger partial charge in [0.05, 0.1) is 21.6 Å². The SMILES string of the molecule is O=C(O)c1cccnc1-c1cncs1. The molecule has 0 saturated carbocycles. The van der Waals surface area contributed by atoms with Crippen molar-refractivity contribution < 1.29 is 9.90 Å². The zero-order chi connectivity index (χ0) is 9.97. The molecule has 2 aromatic heterocycles. The summed E-state index contributed by atoms with van der Waals surface area (Å²) in [6.07, 6.45) is 3.18. The lowest BCUT2D eigenvalue weighted by molar-refractivity contribution is 0.0697. The third-order valence-electron chi connectivity index (χ3n) is 1.70. The van der Waals surface area contributed by atoms with Gasteiger partial charge in [-0.1, -0.05) is 0 Å². The largest absolute Gasteiger partial charge is 0.478 e. The Kier molecular flexibility index (Phi) is 2.24. The Morgan fingerprint density at radius 2 is 2.36 bits per heavy atom. The lowest BCUT2D eigenvalue weighted by Crippen LogP contribution is -2.00. The molecular weight excluding hydrogens is 200 g/mol. The molecular formula is C9H6N2O2S. The number of carboxylic acids is 1. The van der Waals surface area contributed by atoms with Gasteiger partial charge in [-0.2, -0.15) is 0 Å². The topological polar surface area (TPSA) is 63.1 Å². The maximum atomic E-state index is 10.9. The number of carbonyl (C=O) groups is 1. The van der Waals surface area contributed by atoms with Crippen LogP contribution in [0.5, 0.6) is 0 Å². The highest BCUT2D eigenvalue weighted by Crippen LogP contribution is 2.24. The third kappa shape index (κ3) is 1.49. The molecule has 2 rings (SSSR count). The van der Waals surface area contributed by atoms with Crippen LogP contribution in [0.3, 0.4) is 0 Å². The van der Waals surface area contributed by atoms with Gasteiger partial charge in [0.1, 0.15) is 0 Å². The van der Waals surface area contributed by atoms with E-state index in [1.54, 1.807) is 24.0 Å². The van der Waals surface area contributed by atoms with E-state index in [0.717, 1.165) is 4.88 Å². The van der Waals surface area contributed by atoms with Crippen molar-refractivity contribution in [2.24, 2.45) is 0 Å². The lowest BCUT2D eigenvalue weighted by atomic mass is 10.2. The Bertz CT molecular complexity index is 454. The number of hydrogen-bond donors (Lipinski definition) is 1. The molecule has 0 aliphatic rings. The fraction of sp³-hybridized carbons (Fsp3) is 0. The van der Waals surface area contributed by atoms with E-state index < -0.39 is 5.97 Å². The summed E-state index contributed by atoms with van der Waals surface area (Å²) in [6, 6.07) is 3.14. The number of pyridine rings is 1. The van der Waals surface area contributed by atoms with Crippen LogP contribution in [-0.4, -0.2) is 21.0 Å². The van der Waals surface area contributed by atoms with Crippen LogP contribution in [0.4, 0.5) is 0 Å². The second kappa shape index (κ2) is 3.55. The number of nitrogens with zero attached hydrogens (tertiary/aromatic N) is 2. The molecule has 14 heavy (non-hydrogen) atoms. The molecule has 2 aromatic rings. The van der Waals surface area contributed by atoms with E-state index >= 15 is 0 Å². The molecule has 70 valence electrons. The summed E-state index contributed by atoms with van der Waals surface area (Å²) in [4.78, 5) is 19.5. The summed E-state index contributed by atoms with van der Waals surface area (Å²) in [5.41, 5.74) is 2.33. The summed E-state index contributed by atoms with van der Waals surface area (Å²) in [6.45, 7) is 0. The number of aromatic nitrogens is 2. The molecule has 0 spiro atoms. The van der Waals surface area contributed by atoms with Gasteiger partial charge in [0.2, 0.25) is 0 Å². The van der Waals surface area contributed by atoms with Gasteiger partial charge in [0.15, 0.2) is 0 Å². The van der Waals surface area contributed by atoms with Crippen molar-refractivity contribution in [1.82, 2.24) is 9.97 Å². The first-order valence-corrected chi connectivity index (χ1v) is 4.74. The van der Waals surface area contributed by atoms with Crippen molar-refractivity contribution in [3.63, 3.8) is 0 Å². The number of hydrogen-bond acceptors (Lipinski definition) is 4. The van der Waals surface area contributed by atoms with E-state index in [1.165, 1.54) is 17.4 Å². The van der Waals surface area contributed by atoms with Crippen molar-refractivity contribution in [1.29, 1.82) is 0 Å². The van der Waals surface area contributed by atoms with Gasteiger partial charge in [0, 0.05) is 12.4 Å². The maximum absolute atomic E-state index is 10.9. The zero-order valence-corrected chi connectivity index (χ0v) is 7.86. The maximum Gasteiger partial charge on any atom is 0.337 e. The van der Waals surface area contributed by atoms with Crippen LogP contribution < -0.4 is 0 Å². The molecule has 0 atom stereocenters. The average Bonchev–Trinajstić information content (AvgIpc) is 2.70. The van der Waals surface area contributed by atoms with Gasteiger partial charge in [-0.3, -0.25) is 9.97 Å². The van der Waals surface area contributed by atoms with Crippen molar-refractivity contribution in [2.45, 2.75) is 0 Å². The summed E-state index contributed by atoms with van der Waals surface area (Å²) in [5.74, 6) is -0.971. The second-order valence-electron chi connectivity index (χ2n) is 2.57. The molecule has 0 aliphatic carbocycles. The smallest absolute Gasteiger partial charge is 0.337 e. The first-order chi connectivity index (χ1) is 6.79. The highest BCUT2D eigenvalue weighted by Gasteiger charge is 2.12. The summed E-state index contributed by atoms with van der Waals surface area (Å²) in [7, 11) is 0. The van der Waals surface area contributed by atoms with Gasteiger partial charge >= 0.3 is 5.97 Å². The minimum absolute atomic E-state index is 0.205.